The van der Waals surface area contributed by atoms with E-state index in [2.05, 4.69) is 38.1 Å². The van der Waals surface area contributed by atoms with Gasteiger partial charge in [-0.2, -0.15) is 9.61 Å². The summed E-state index contributed by atoms with van der Waals surface area (Å²) in [5.74, 6) is 0.762. The van der Waals surface area contributed by atoms with Crippen LogP contribution in [0, 0.1) is 5.92 Å². The maximum Gasteiger partial charge on any atom is 0.200 e. The molecule has 6 nitrogen and oxygen atoms in total. The molecule has 2 aliphatic rings. The zero-order chi connectivity index (χ0) is 16.4. The van der Waals surface area contributed by atoms with E-state index in [0.29, 0.717) is 0 Å². The minimum atomic E-state index is 0.762. The lowest BCUT2D eigenvalue weighted by molar-refractivity contribution is 0.185. The first-order valence-corrected chi connectivity index (χ1v) is 9.50. The SMILES string of the molecule is CCc1cc(N2CCCC(CN3CCCCC3)C2)c2nncn2n1. The van der Waals surface area contributed by atoms with Gasteiger partial charge in [0.05, 0.1) is 11.4 Å². The summed E-state index contributed by atoms with van der Waals surface area (Å²) < 4.78 is 1.84. The van der Waals surface area contributed by atoms with E-state index in [1.165, 1.54) is 57.4 Å². The maximum absolute atomic E-state index is 4.58. The lowest BCUT2D eigenvalue weighted by Gasteiger charge is -2.38. The van der Waals surface area contributed by atoms with Crippen molar-refractivity contribution in [1.82, 2.24) is 24.7 Å². The molecule has 2 saturated heterocycles. The van der Waals surface area contributed by atoms with E-state index in [9.17, 15) is 0 Å². The van der Waals surface area contributed by atoms with Gasteiger partial charge in [-0.15, -0.1) is 10.2 Å². The van der Waals surface area contributed by atoms with Crippen LogP contribution in [0.25, 0.3) is 5.65 Å². The fourth-order valence-electron chi connectivity index (χ4n) is 4.21. The molecule has 0 radical (unpaired) electrons. The summed E-state index contributed by atoms with van der Waals surface area (Å²) in [5, 5.41) is 12.9. The van der Waals surface area contributed by atoms with Gasteiger partial charge in [-0.05, 0) is 57.2 Å². The quantitative estimate of drug-likeness (QED) is 0.862. The fraction of sp³-hybridized carbons (Fsp3) is 0.722. The van der Waals surface area contributed by atoms with Crippen LogP contribution in [0.2, 0.25) is 0 Å². The molecule has 2 aromatic heterocycles. The summed E-state index contributed by atoms with van der Waals surface area (Å²) in [7, 11) is 0. The Morgan fingerprint density at radius 2 is 2.00 bits per heavy atom. The van der Waals surface area contributed by atoms with Crippen molar-refractivity contribution in [2.24, 2.45) is 5.92 Å². The number of fused-ring (bicyclic) bond motifs is 1. The van der Waals surface area contributed by atoms with E-state index >= 15 is 0 Å². The van der Waals surface area contributed by atoms with Gasteiger partial charge < -0.3 is 9.80 Å². The van der Waals surface area contributed by atoms with Crippen LogP contribution in [-0.4, -0.2) is 57.4 Å². The molecule has 130 valence electrons. The highest BCUT2D eigenvalue weighted by Crippen LogP contribution is 2.27. The molecule has 6 heteroatoms. The normalized spacial score (nSPS) is 23.0. The molecule has 0 saturated carbocycles. The van der Waals surface area contributed by atoms with E-state index in [4.69, 9.17) is 0 Å². The van der Waals surface area contributed by atoms with Gasteiger partial charge in [0.2, 0.25) is 5.65 Å². The van der Waals surface area contributed by atoms with Crippen molar-refractivity contribution in [1.29, 1.82) is 0 Å². The third-order valence-corrected chi connectivity index (χ3v) is 5.49. The Morgan fingerprint density at radius 1 is 1.12 bits per heavy atom. The van der Waals surface area contributed by atoms with Gasteiger partial charge in [0.15, 0.2) is 0 Å². The summed E-state index contributed by atoms with van der Waals surface area (Å²) >= 11 is 0. The first-order chi connectivity index (χ1) is 11.8. The third kappa shape index (κ3) is 3.24. The summed E-state index contributed by atoms with van der Waals surface area (Å²) in [5.41, 5.74) is 3.21. The van der Waals surface area contributed by atoms with Crippen LogP contribution < -0.4 is 4.90 Å². The second-order valence-corrected chi connectivity index (χ2v) is 7.29. The Kier molecular flexibility index (Phi) is 4.65. The molecule has 0 bridgehead atoms. The number of nitrogens with zero attached hydrogens (tertiary/aromatic N) is 6. The van der Waals surface area contributed by atoms with Crippen LogP contribution in [0.1, 0.15) is 44.7 Å². The van der Waals surface area contributed by atoms with Crippen LogP contribution in [0.3, 0.4) is 0 Å². The lowest BCUT2D eigenvalue weighted by Crippen LogP contribution is -2.42. The summed E-state index contributed by atoms with van der Waals surface area (Å²) in [6.45, 7) is 8.24. The molecule has 0 spiro atoms. The maximum atomic E-state index is 4.58. The van der Waals surface area contributed by atoms with Crippen molar-refractivity contribution in [3.8, 4) is 0 Å². The number of aryl methyl sites for hydroxylation is 1. The van der Waals surface area contributed by atoms with E-state index in [0.717, 1.165) is 36.8 Å². The molecule has 4 heterocycles. The van der Waals surface area contributed by atoms with E-state index in [1.54, 1.807) is 6.33 Å². The largest absolute Gasteiger partial charge is 0.368 e. The Hall–Kier alpha value is -1.69. The van der Waals surface area contributed by atoms with E-state index in [-0.39, 0.29) is 0 Å². The standard InChI is InChI=1S/C18H28N6/c1-2-16-11-17(18-20-19-14-24(18)21-16)23-10-6-7-15(13-23)12-22-8-4-3-5-9-22/h11,14-15H,2-10,12-13H2,1H3. The summed E-state index contributed by atoms with van der Waals surface area (Å²) in [6, 6.07) is 2.22. The molecule has 2 aliphatic heterocycles. The average molecular weight is 328 g/mol. The van der Waals surface area contributed by atoms with Gasteiger partial charge in [0.25, 0.3) is 0 Å². The van der Waals surface area contributed by atoms with Gasteiger partial charge in [-0.3, -0.25) is 0 Å². The van der Waals surface area contributed by atoms with Gasteiger partial charge in [0.1, 0.15) is 6.33 Å². The minimum Gasteiger partial charge on any atom is -0.368 e. The van der Waals surface area contributed by atoms with Crippen LogP contribution >= 0.6 is 0 Å². The predicted octanol–water partition coefficient (Wildman–Crippen LogP) is 2.39. The molecule has 4 rings (SSSR count). The monoisotopic (exact) mass is 328 g/mol. The van der Waals surface area contributed by atoms with Crippen molar-refractivity contribution >= 4 is 11.3 Å². The molecule has 0 aliphatic carbocycles. The van der Waals surface area contributed by atoms with Crippen LogP contribution in [0.5, 0.6) is 0 Å². The Bertz CT molecular complexity index is 675. The predicted molar refractivity (Wildman–Crippen MR) is 95.4 cm³/mol. The lowest BCUT2D eigenvalue weighted by atomic mass is 9.96. The fourth-order valence-corrected chi connectivity index (χ4v) is 4.21. The Morgan fingerprint density at radius 3 is 2.83 bits per heavy atom. The summed E-state index contributed by atoms with van der Waals surface area (Å²) in [4.78, 5) is 5.19. The molecule has 0 amide bonds. The van der Waals surface area contributed by atoms with Crippen molar-refractivity contribution in [3.63, 3.8) is 0 Å². The van der Waals surface area contributed by atoms with Crippen LogP contribution in [0.15, 0.2) is 12.4 Å². The van der Waals surface area contributed by atoms with E-state index < -0.39 is 0 Å². The molecular formula is C18H28N6. The molecule has 2 fully saturated rings. The zero-order valence-corrected chi connectivity index (χ0v) is 14.7. The number of piperidine rings is 2. The molecular weight excluding hydrogens is 300 g/mol. The smallest absolute Gasteiger partial charge is 0.200 e. The number of aromatic nitrogens is 4. The van der Waals surface area contributed by atoms with Crippen molar-refractivity contribution in [3.05, 3.63) is 18.1 Å². The number of hydrogen-bond donors (Lipinski definition) is 0. The van der Waals surface area contributed by atoms with Gasteiger partial charge in [-0.1, -0.05) is 13.3 Å². The zero-order valence-electron chi connectivity index (χ0n) is 14.7. The molecule has 0 aromatic carbocycles. The molecule has 24 heavy (non-hydrogen) atoms. The molecule has 2 aromatic rings. The Balaban J connectivity index is 1.52. The second-order valence-electron chi connectivity index (χ2n) is 7.29. The number of rotatable bonds is 4. The van der Waals surface area contributed by atoms with E-state index in [1.807, 2.05) is 4.52 Å². The summed E-state index contributed by atoms with van der Waals surface area (Å²) in [6.07, 6.45) is 9.43. The van der Waals surface area contributed by atoms with Gasteiger partial charge >= 0.3 is 0 Å². The highest BCUT2D eigenvalue weighted by atomic mass is 15.4. The molecule has 1 atom stereocenters. The average Bonchev–Trinajstić information content (AvgIpc) is 3.10. The topological polar surface area (TPSA) is 49.6 Å². The number of anilines is 1. The third-order valence-electron chi connectivity index (χ3n) is 5.49. The molecule has 0 N–H and O–H groups in total. The highest BCUT2D eigenvalue weighted by Gasteiger charge is 2.25. The van der Waals surface area contributed by atoms with Crippen molar-refractivity contribution < 1.29 is 0 Å². The first kappa shape index (κ1) is 15.8. The number of hydrogen-bond acceptors (Lipinski definition) is 5. The first-order valence-electron chi connectivity index (χ1n) is 9.50. The van der Waals surface area contributed by atoms with Crippen molar-refractivity contribution in [2.45, 2.75) is 45.4 Å². The van der Waals surface area contributed by atoms with Crippen LogP contribution in [0.4, 0.5) is 5.69 Å². The van der Waals surface area contributed by atoms with Gasteiger partial charge in [-0.25, -0.2) is 0 Å². The molecule has 1 unspecified atom stereocenters. The van der Waals surface area contributed by atoms with Gasteiger partial charge in [0, 0.05) is 19.6 Å². The second kappa shape index (κ2) is 7.05. The van der Waals surface area contributed by atoms with Crippen molar-refractivity contribution in [2.75, 3.05) is 37.6 Å². The highest BCUT2D eigenvalue weighted by molar-refractivity contribution is 5.68. The minimum absolute atomic E-state index is 0.762. The Labute approximate surface area is 143 Å². The van der Waals surface area contributed by atoms with Crippen LogP contribution in [-0.2, 0) is 6.42 Å². The number of likely N-dealkylation sites (tertiary alicyclic amines) is 1.